The molecule has 1 saturated heterocycles. The number of rotatable bonds is 6. The largest absolute Gasteiger partial charge is 0.357 e. The van der Waals surface area contributed by atoms with Crippen molar-refractivity contribution in [2.24, 2.45) is 10.9 Å². The van der Waals surface area contributed by atoms with Gasteiger partial charge in [-0.15, -0.1) is 24.0 Å². The maximum Gasteiger partial charge on any atom is 0.219 e. The molecule has 6 nitrogen and oxygen atoms in total. The van der Waals surface area contributed by atoms with Crippen LogP contribution in [0.3, 0.4) is 0 Å². The fourth-order valence-electron chi connectivity index (χ4n) is 2.23. The minimum absolute atomic E-state index is 0. The van der Waals surface area contributed by atoms with Gasteiger partial charge in [0, 0.05) is 59.3 Å². The van der Waals surface area contributed by atoms with Crippen molar-refractivity contribution in [3.8, 4) is 0 Å². The molecule has 1 heterocycles. The molecule has 2 N–H and O–H groups in total. The Kier molecular flexibility index (Phi) is 11.6. The quantitative estimate of drug-likeness (QED) is 0.379. The number of hydrogen-bond donors (Lipinski definition) is 2. The molecule has 0 unspecified atom stereocenters. The molecule has 0 aromatic rings. The van der Waals surface area contributed by atoms with E-state index in [9.17, 15) is 4.79 Å². The predicted octanol–water partition coefficient (Wildman–Crippen LogP) is 0.980. The molecule has 0 atom stereocenters. The number of nitrogens with one attached hydrogen (secondary N) is 2. The molecule has 1 rings (SSSR count). The van der Waals surface area contributed by atoms with E-state index in [4.69, 9.17) is 0 Å². The van der Waals surface area contributed by atoms with Gasteiger partial charge >= 0.3 is 0 Å². The molecule has 0 radical (unpaired) electrons. The van der Waals surface area contributed by atoms with Crippen LogP contribution in [0.25, 0.3) is 0 Å². The molecular formula is C15H32IN5O. The summed E-state index contributed by atoms with van der Waals surface area (Å²) in [7, 11) is 0. The summed E-state index contributed by atoms with van der Waals surface area (Å²) in [6.07, 6.45) is 0. The number of halogens is 1. The van der Waals surface area contributed by atoms with E-state index in [-0.39, 0.29) is 29.9 Å². The molecule has 22 heavy (non-hydrogen) atoms. The first-order valence-corrected chi connectivity index (χ1v) is 8.03. The van der Waals surface area contributed by atoms with Crippen molar-refractivity contribution in [3.05, 3.63) is 0 Å². The van der Waals surface area contributed by atoms with E-state index in [1.165, 1.54) is 0 Å². The Hall–Kier alpha value is -0.570. The van der Waals surface area contributed by atoms with Crippen molar-refractivity contribution < 1.29 is 4.79 Å². The van der Waals surface area contributed by atoms with Gasteiger partial charge in [0.1, 0.15) is 0 Å². The number of carbonyl (C=O) groups is 1. The Morgan fingerprint density at radius 2 is 1.82 bits per heavy atom. The lowest BCUT2D eigenvalue weighted by molar-refractivity contribution is -0.130. The number of carbonyl (C=O) groups excluding carboxylic acids is 1. The van der Waals surface area contributed by atoms with E-state index in [0.717, 1.165) is 58.3 Å². The second-order valence-corrected chi connectivity index (χ2v) is 5.89. The summed E-state index contributed by atoms with van der Waals surface area (Å²) in [6, 6.07) is 0. The summed E-state index contributed by atoms with van der Waals surface area (Å²) in [5, 5.41) is 6.64. The average molecular weight is 425 g/mol. The summed E-state index contributed by atoms with van der Waals surface area (Å²) < 4.78 is 0. The minimum atomic E-state index is 0. The van der Waals surface area contributed by atoms with E-state index in [0.29, 0.717) is 5.92 Å². The first-order chi connectivity index (χ1) is 10.0. The molecule has 1 aliphatic heterocycles. The van der Waals surface area contributed by atoms with Crippen LogP contribution in [0.2, 0.25) is 0 Å². The summed E-state index contributed by atoms with van der Waals surface area (Å²) in [4.78, 5) is 20.1. The van der Waals surface area contributed by atoms with Crippen LogP contribution in [-0.2, 0) is 4.79 Å². The Bertz CT molecular complexity index is 341. The maximum atomic E-state index is 11.3. The van der Waals surface area contributed by atoms with Crippen molar-refractivity contribution in [3.63, 3.8) is 0 Å². The van der Waals surface area contributed by atoms with E-state index in [1.807, 2.05) is 4.90 Å². The molecule has 1 amide bonds. The van der Waals surface area contributed by atoms with Gasteiger partial charge in [-0.2, -0.15) is 0 Å². The molecule has 0 spiro atoms. The Morgan fingerprint density at radius 1 is 1.18 bits per heavy atom. The molecule has 130 valence electrons. The lowest BCUT2D eigenvalue weighted by Crippen LogP contribution is -2.50. The zero-order chi connectivity index (χ0) is 15.7. The third kappa shape index (κ3) is 8.77. The van der Waals surface area contributed by atoms with Crippen LogP contribution in [0, 0.1) is 5.92 Å². The molecule has 1 aliphatic rings. The van der Waals surface area contributed by atoms with Crippen LogP contribution >= 0.6 is 24.0 Å². The van der Waals surface area contributed by atoms with Gasteiger partial charge < -0.3 is 15.5 Å². The zero-order valence-electron chi connectivity index (χ0n) is 14.4. The fraction of sp³-hybridized carbons (Fsp3) is 0.867. The number of aliphatic imine (C=N–C) groups is 1. The number of piperazine rings is 1. The van der Waals surface area contributed by atoms with Crippen LogP contribution in [0.5, 0.6) is 0 Å². The maximum absolute atomic E-state index is 11.3. The highest BCUT2D eigenvalue weighted by atomic mass is 127. The topological polar surface area (TPSA) is 60.0 Å². The highest BCUT2D eigenvalue weighted by Crippen LogP contribution is 2.00. The predicted molar refractivity (Wildman–Crippen MR) is 103 cm³/mol. The van der Waals surface area contributed by atoms with Gasteiger partial charge in [0.05, 0.1) is 0 Å². The van der Waals surface area contributed by atoms with Gasteiger partial charge in [0.2, 0.25) is 5.91 Å². The van der Waals surface area contributed by atoms with Crippen molar-refractivity contribution in [1.82, 2.24) is 20.4 Å². The third-order valence-corrected chi connectivity index (χ3v) is 3.50. The van der Waals surface area contributed by atoms with Gasteiger partial charge in [-0.1, -0.05) is 13.8 Å². The number of nitrogens with zero attached hydrogens (tertiary/aromatic N) is 3. The smallest absolute Gasteiger partial charge is 0.219 e. The first-order valence-electron chi connectivity index (χ1n) is 8.03. The second-order valence-electron chi connectivity index (χ2n) is 5.89. The van der Waals surface area contributed by atoms with E-state index in [2.05, 4.69) is 41.3 Å². The molecule has 7 heteroatoms. The fourth-order valence-corrected chi connectivity index (χ4v) is 2.23. The normalized spacial score (nSPS) is 16.4. The Balaban J connectivity index is 0.00000441. The summed E-state index contributed by atoms with van der Waals surface area (Å²) >= 11 is 0. The molecular weight excluding hydrogens is 393 g/mol. The lowest BCUT2D eigenvalue weighted by Gasteiger charge is -2.34. The van der Waals surface area contributed by atoms with Crippen LogP contribution in [0.15, 0.2) is 4.99 Å². The van der Waals surface area contributed by atoms with Crippen molar-refractivity contribution >= 4 is 35.8 Å². The van der Waals surface area contributed by atoms with E-state index in [1.54, 1.807) is 6.92 Å². The number of guanidine groups is 1. The highest BCUT2D eigenvalue weighted by Gasteiger charge is 2.17. The molecule has 0 aromatic heterocycles. The molecule has 1 fully saturated rings. The zero-order valence-corrected chi connectivity index (χ0v) is 16.7. The summed E-state index contributed by atoms with van der Waals surface area (Å²) in [5.41, 5.74) is 0. The molecule has 0 bridgehead atoms. The Morgan fingerprint density at radius 3 is 2.32 bits per heavy atom. The summed E-state index contributed by atoms with van der Waals surface area (Å²) in [5.74, 6) is 1.65. The van der Waals surface area contributed by atoms with Gasteiger partial charge in [0.25, 0.3) is 0 Å². The van der Waals surface area contributed by atoms with Gasteiger partial charge in [-0.05, 0) is 12.8 Å². The lowest BCUT2D eigenvalue weighted by atomic mass is 10.2. The molecule has 0 aliphatic carbocycles. The molecule has 0 saturated carbocycles. The van der Waals surface area contributed by atoms with Gasteiger partial charge in [-0.3, -0.25) is 14.7 Å². The van der Waals surface area contributed by atoms with Crippen molar-refractivity contribution in [2.45, 2.75) is 27.7 Å². The van der Waals surface area contributed by atoms with Gasteiger partial charge in [0.15, 0.2) is 5.96 Å². The Labute approximate surface area is 152 Å². The highest BCUT2D eigenvalue weighted by molar-refractivity contribution is 14.0. The number of hydrogen-bond acceptors (Lipinski definition) is 3. The van der Waals surface area contributed by atoms with E-state index < -0.39 is 0 Å². The average Bonchev–Trinajstić information content (AvgIpc) is 2.45. The van der Waals surface area contributed by atoms with Crippen molar-refractivity contribution in [1.29, 1.82) is 0 Å². The second kappa shape index (κ2) is 11.9. The van der Waals surface area contributed by atoms with E-state index >= 15 is 0 Å². The number of amides is 1. The minimum Gasteiger partial charge on any atom is -0.357 e. The van der Waals surface area contributed by atoms with Crippen molar-refractivity contribution in [2.75, 3.05) is 52.4 Å². The summed E-state index contributed by atoms with van der Waals surface area (Å²) in [6.45, 7) is 15.2. The monoisotopic (exact) mass is 425 g/mol. The SMILES string of the molecule is CCNC(=NCC(C)C)NCCN1CCN(C(C)=O)CC1.I. The first kappa shape index (κ1) is 21.4. The van der Waals surface area contributed by atoms with Crippen LogP contribution in [0.4, 0.5) is 0 Å². The van der Waals surface area contributed by atoms with Crippen LogP contribution < -0.4 is 10.6 Å². The van der Waals surface area contributed by atoms with Crippen LogP contribution in [-0.4, -0.2) is 74.0 Å². The van der Waals surface area contributed by atoms with Gasteiger partial charge in [-0.25, -0.2) is 0 Å². The van der Waals surface area contributed by atoms with Crippen LogP contribution in [0.1, 0.15) is 27.7 Å². The molecule has 0 aromatic carbocycles. The third-order valence-electron chi connectivity index (χ3n) is 3.50. The standard InChI is InChI=1S/C15H31N5O.HI/c1-5-16-15(18-12-13(2)3)17-6-7-19-8-10-20(11-9-19)14(4)21;/h13H,5-12H2,1-4H3,(H2,16,17,18);1H.